The fourth-order valence-electron chi connectivity index (χ4n) is 3.67. The topological polar surface area (TPSA) is 38.3 Å². The van der Waals surface area contributed by atoms with Gasteiger partial charge in [0.2, 0.25) is 0 Å². The molecule has 26 heavy (non-hydrogen) atoms. The van der Waals surface area contributed by atoms with Crippen LogP contribution >= 0.6 is 0 Å². The lowest BCUT2D eigenvalue weighted by molar-refractivity contribution is -0.122. The first-order valence-electron chi connectivity index (χ1n) is 9.28. The molecule has 0 unspecified atom stereocenters. The minimum atomic E-state index is -0.553. The molecule has 3 aromatic carbocycles. The molecule has 1 aliphatic carbocycles. The van der Waals surface area contributed by atoms with Crippen molar-refractivity contribution in [3.05, 3.63) is 71.8 Å². The van der Waals surface area contributed by atoms with Gasteiger partial charge in [-0.3, -0.25) is 4.79 Å². The number of rotatable bonds is 4. The molecule has 1 N–H and O–H groups in total. The van der Waals surface area contributed by atoms with Crippen molar-refractivity contribution in [1.82, 2.24) is 0 Å². The average molecular weight is 345 g/mol. The van der Waals surface area contributed by atoms with Gasteiger partial charge in [0.15, 0.2) is 6.10 Å². The van der Waals surface area contributed by atoms with E-state index < -0.39 is 6.10 Å². The molecule has 132 valence electrons. The molecule has 3 nitrogen and oxygen atoms in total. The third kappa shape index (κ3) is 3.30. The highest BCUT2D eigenvalue weighted by molar-refractivity contribution is 6.03. The molecular weight excluding hydrogens is 322 g/mol. The number of carbonyl (C=O) groups is 1. The van der Waals surface area contributed by atoms with E-state index in [2.05, 4.69) is 11.4 Å². The number of aryl methyl sites for hydroxylation is 1. The van der Waals surface area contributed by atoms with E-state index in [0.717, 1.165) is 35.1 Å². The molecule has 3 aromatic rings. The Labute approximate surface area is 154 Å². The monoisotopic (exact) mass is 345 g/mol. The lowest BCUT2D eigenvalue weighted by atomic mass is 9.91. The van der Waals surface area contributed by atoms with Gasteiger partial charge in [-0.15, -0.1) is 0 Å². The number of hydrogen-bond donors (Lipinski definition) is 1. The first-order valence-corrected chi connectivity index (χ1v) is 9.28. The second-order valence-corrected chi connectivity index (χ2v) is 6.88. The molecule has 1 aliphatic rings. The maximum absolute atomic E-state index is 12.7. The molecule has 0 spiro atoms. The third-order valence-electron chi connectivity index (χ3n) is 5.07. The van der Waals surface area contributed by atoms with E-state index in [1.165, 1.54) is 24.0 Å². The standard InChI is InChI=1S/C23H23NO2/c1-16(26-22-15-7-11-18-9-3-5-13-20(18)22)23(25)24-21-14-6-10-17-8-2-4-12-19(17)21/h2,4,6-8,10-12,14-16H,3,5,9,13H2,1H3,(H,24,25)/t16-/m1/s1. The van der Waals surface area contributed by atoms with E-state index in [0.29, 0.717) is 0 Å². The number of hydrogen-bond acceptors (Lipinski definition) is 2. The van der Waals surface area contributed by atoms with Crippen molar-refractivity contribution in [2.24, 2.45) is 0 Å². The van der Waals surface area contributed by atoms with Crippen LogP contribution in [0.2, 0.25) is 0 Å². The summed E-state index contributed by atoms with van der Waals surface area (Å²) in [5.74, 6) is 0.720. The Bertz CT molecular complexity index is 943. The lowest BCUT2D eigenvalue weighted by Crippen LogP contribution is -2.30. The first-order chi connectivity index (χ1) is 12.7. The molecule has 0 bridgehead atoms. The summed E-state index contributed by atoms with van der Waals surface area (Å²) in [6, 6.07) is 20.1. The summed E-state index contributed by atoms with van der Waals surface area (Å²) in [4.78, 5) is 12.7. The fraction of sp³-hybridized carbons (Fsp3) is 0.261. The number of fused-ring (bicyclic) bond motifs is 2. The summed E-state index contributed by atoms with van der Waals surface area (Å²) >= 11 is 0. The van der Waals surface area contributed by atoms with E-state index in [1.807, 2.05) is 61.5 Å². The minimum Gasteiger partial charge on any atom is -0.481 e. The van der Waals surface area contributed by atoms with Gasteiger partial charge in [0.25, 0.3) is 5.91 Å². The summed E-state index contributed by atoms with van der Waals surface area (Å²) in [5.41, 5.74) is 3.44. The predicted octanol–water partition coefficient (Wildman–Crippen LogP) is 5.12. The van der Waals surface area contributed by atoms with Crippen LogP contribution in [0.4, 0.5) is 5.69 Å². The summed E-state index contributed by atoms with van der Waals surface area (Å²) in [5, 5.41) is 5.16. The minimum absolute atomic E-state index is 0.130. The summed E-state index contributed by atoms with van der Waals surface area (Å²) in [7, 11) is 0. The van der Waals surface area contributed by atoms with Gasteiger partial charge in [0.1, 0.15) is 5.75 Å². The largest absolute Gasteiger partial charge is 0.481 e. The van der Waals surface area contributed by atoms with Gasteiger partial charge in [-0.1, -0.05) is 48.5 Å². The Balaban J connectivity index is 1.52. The second kappa shape index (κ2) is 7.20. The molecule has 0 radical (unpaired) electrons. The van der Waals surface area contributed by atoms with Gasteiger partial charge in [0.05, 0.1) is 0 Å². The second-order valence-electron chi connectivity index (χ2n) is 6.88. The molecule has 1 atom stereocenters. The molecule has 0 saturated heterocycles. The molecule has 4 rings (SSSR count). The third-order valence-corrected chi connectivity index (χ3v) is 5.07. The highest BCUT2D eigenvalue weighted by atomic mass is 16.5. The average Bonchev–Trinajstić information content (AvgIpc) is 2.68. The van der Waals surface area contributed by atoms with Crippen LogP contribution in [0.15, 0.2) is 60.7 Å². The zero-order valence-corrected chi connectivity index (χ0v) is 15.0. The quantitative estimate of drug-likeness (QED) is 0.712. The van der Waals surface area contributed by atoms with Gasteiger partial charge < -0.3 is 10.1 Å². The SMILES string of the molecule is C[C@@H](Oc1cccc2c1CCCC2)C(=O)Nc1cccc2ccccc12. The van der Waals surface area contributed by atoms with Gasteiger partial charge >= 0.3 is 0 Å². The van der Waals surface area contributed by atoms with Crippen LogP contribution in [0.1, 0.15) is 30.9 Å². The van der Waals surface area contributed by atoms with E-state index in [9.17, 15) is 4.79 Å². The molecule has 0 aliphatic heterocycles. The van der Waals surface area contributed by atoms with Crippen LogP contribution in [0.3, 0.4) is 0 Å². The maximum Gasteiger partial charge on any atom is 0.265 e. The highest BCUT2D eigenvalue weighted by Gasteiger charge is 2.20. The van der Waals surface area contributed by atoms with Crippen LogP contribution in [-0.4, -0.2) is 12.0 Å². The summed E-state index contributed by atoms with van der Waals surface area (Å²) in [6.07, 6.45) is 3.99. The first kappa shape index (κ1) is 16.6. The lowest BCUT2D eigenvalue weighted by Gasteiger charge is -2.22. The van der Waals surface area contributed by atoms with Crippen LogP contribution < -0.4 is 10.1 Å². The molecule has 1 amide bonds. The molecule has 0 saturated carbocycles. The molecule has 3 heteroatoms. The van der Waals surface area contributed by atoms with Gasteiger partial charge in [-0.25, -0.2) is 0 Å². The van der Waals surface area contributed by atoms with Gasteiger partial charge in [0, 0.05) is 11.1 Å². The van der Waals surface area contributed by atoms with E-state index in [1.54, 1.807) is 0 Å². The number of amides is 1. The summed E-state index contributed by atoms with van der Waals surface area (Å²) < 4.78 is 6.05. The number of anilines is 1. The van der Waals surface area contributed by atoms with Crippen molar-refractivity contribution in [3.63, 3.8) is 0 Å². The maximum atomic E-state index is 12.7. The van der Waals surface area contributed by atoms with E-state index in [-0.39, 0.29) is 5.91 Å². The van der Waals surface area contributed by atoms with E-state index >= 15 is 0 Å². The van der Waals surface area contributed by atoms with Gasteiger partial charge in [-0.05, 0) is 61.3 Å². The molecule has 0 aromatic heterocycles. The zero-order chi connectivity index (χ0) is 17.9. The van der Waals surface area contributed by atoms with E-state index in [4.69, 9.17) is 4.74 Å². The van der Waals surface area contributed by atoms with Crippen LogP contribution in [0.5, 0.6) is 5.75 Å². The number of nitrogens with one attached hydrogen (secondary N) is 1. The Kier molecular flexibility index (Phi) is 4.61. The van der Waals surface area contributed by atoms with Crippen LogP contribution in [-0.2, 0) is 17.6 Å². The van der Waals surface area contributed by atoms with Gasteiger partial charge in [-0.2, -0.15) is 0 Å². The normalized spacial score (nSPS) is 14.5. The molecular formula is C23H23NO2. The van der Waals surface area contributed by atoms with Crippen molar-refractivity contribution in [2.75, 3.05) is 5.32 Å². The number of ether oxygens (including phenoxy) is 1. The highest BCUT2D eigenvalue weighted by Crippen LogP contribution is 2.30. The predicted molar refractivity (Wildman–Crippen MR) is 106 cm³/mol. The fourth-order valence-corrected chi connectivity index (χ4v) is 3.67. The Morgan fingerprint density at radius 2 is 1.73 bits per heavy atom. The van der Waals surface area contributed by atoms with Crippen molar-refractivity contribution < 1.29 is 9.53 Å². The number of carbonyl (C=O) groups excluding carboxylic acids is 1. The smallest absolute Gasteiger partial charge is 0.265 e. The van der Waals surface area contributed by atoms with Crippen molar-refractivity contribution in [1.29, 1.82) is 0 Å². The Morgan fingerprint density at radius 3 is 2.65 bits per heavy atom. The van der Waals surface area contributed by atoms with Crippen molar-refractivity contribution in [2.45, 2.75) is 38.7 Å². The molecule has 0 heterocycles. The summed E-state index contributed by atoms with van der Waals surface area (Å²) in [6.45, 7) is 1.81. The zero-order valence-electron chi connectivity index (χ0n) is 15.0. The Hall–Kier alpha value is -2.81. The van der Waals surface area contributed by atoms with Crippen LogP contribution in [0.25, 0.3) is 10.8 Å². The Morgan fingerprint density at radius 1 is 0.962 bits per heavy atom. The molecule has 0 fully saturated rings. The van der Waals surface area contributed by atoms with Crippen LogP contribution in [0, 0.1) is 0 Å². The van der Waals surface area contributed by atoms with Crippen molar-refractivity contribution >= 4 is 22.4 Å². The van der Waals surface area contributed by atoms with Crippen molar-refractivity contribution in [3.8, 4) is 5.75 Å². The number of benzene rings is 3.